The Hall–Kier alpha value is -4.78. The fourth-order valence-corrected chi connectivity index (χ4v) is 4.27. The Balaban J connectivity index is 2.10. The van der Waals surface area contributed by atoms with E-state index in [9.17, 15) is 19.6 Å². The Bertz CT molecular complexity index is 1330. The lowest BCUT2D eigenvalue weighted by molar-refractivity contribution is -0.139. The number of nitriles is 1. The molecule has 0 radical (unpaired) electrons. The Kier molecular flexibility index (Phi) is 6.16. The minimum Gasteiger partial charge on any atom is -0.481 e. The predicted molar refractivity (Wildman–Crippen MR) is 125 cm³/mol. The van der Waals surface area contributed by atoms with Gasteiger partial charge < -0.3 is 24.8 Å². The zero-order valence-electron chi connectivity index (χ0n) is 19.3. The van der Waals surface area contributed by atoms with Crippen molar-refractivity contribution in [2.45, 2.75) is 5.92 Å². The van der Waals surface area contributed by atoms with E-state index in [-0.39, 0.29) is 40.9 Å². The lowest BCUT2D eigenvalue weighted by Crippen LogP contribution is -2.42. The highest BCUT2D eigenvalue weighted by atomic mass is 16.5. The zero-order valence-corrected chi connectivity index (χ0v) is 19.3. The second kappa shape index (κ2) is 9.23. The van der Waals surface area contributed by atoms with Crippen molar-refractivity contribution in [1.29, 1.82) is 5.26 Å². The number of para-hydroxylation sites is 1. The first-order valence-corrected chi connectivity index (χ1v) is 10.5. The topological polar surface area (TPSA) is 135 Å². The molecule has 0 aliphatic carbocycles. The number of rotatable bonds is 4. The highest BCUT2D eigenvalue weighted by molar-refractivity contribution is 6.09. The molecule has 10 nitrogen and oxygen atoms in total. The van der Waals surface area contributed by atoms with Crippen LogP contribution in [-0.2, 0) is 23.9 Å². The van der Waals surface area contributed by atoms with Gasteiger partial charge in [0, 0.05) is 7.05 Å². The molecule has 10 heteroatoms. The number of allylic oxidation sites excluding steroid dienone is 1. The van der Waals surface area contributed by atoms with Gasteiger partial charge in [-0.05, 0) is 17.7 Å². The minimum atomic E-state index is -0.992. The van der Waals surface area contributed by atoms with Crippen molar-refractivity contribution in [3.8, 4) is 11.8 Å². The molecule has 1 amide bonds. The van der Waals surface area contributed by atoms with Crippen LogP contribution < -0.4 is 20.3 Å². The minimum absolute atomic E-state index is 0.0209. The van der Waals surface area contributed by atoms with Crippen LogP contribution in [0.25, 0.3) is 0 Å². The van der Waals surface area contributed by atoms with E-state index in [4.69, 9.17) is 19.9 Å². The number of carbonyl (C=O) groups excluding carboxylic acids is 3. The Morgan fingerprint density at radius 1 is 1.09 bits per heavy atom. The summed E-state index contributed by atoms with van der Waals surface area (Å²) in [4.78, 5) is 41.4. The summed E-state index contributed by atoms with van der Waals surface area (Å²) >= 11 is 0. The summed E-state index contributed by atoms with van der Waals surface area (Å²) < 4.78 is 15.6. The van der Waals surface area contributed by atoms with Crippen LogP contribution in [0.5, 0.6) is 5.75 Å². The van der Waals surface area contributed by atoms with Crippen molar-refractivity contribution < 1.29 is 28.6 Å². The van der Waals surface area contributed by atoms with Crippen LogP contribution >= 0.6 is 0 Å². The quantitative estimate of drug-likeness (QED) is 0.660. The van der Waals surface area contributed by atoms with Crippen molar-refractivity contribution in [3.05, 3.63) is 76.8 Å². The molecule has 4 rings (SSSR count). The smallest absolute Gasteiger partial charge is 0.355 e. The Morgan fingerprint density at radius 2 is 1.77 bits per heavy atom. The molecule has 0 spiro atoms. The van der Waals surface area contributed by atoms with Crippen molar-refractivity contribution in [3.63, 3.8) is 0 Å². The van der Waals surface area contributed by atoms with E-state index in [2.05, 4.69) is 6.07 Å². The van der Waals surface area contributed by atoms with E-state index in [0.29, 0.717) is 17.0 Å². The van der Waals surface area contributed by atoms with Crippen LogP contribution in [0.4, 0.5) is 11.4 Å². The van der Waals surface area contributed by atoms with Gasteiger partial charge in [0.25, 0.3) is 5.91 Å². The number of fused-ring (bicyclic) bond motifs is 1. The second-order valence-electron chi connectivity index (χ2n) is 7.70. The van der Waals surface area contributed by atoms with E-state index in [0.717, 1.165) is 0 Å². The van der Waals surface area contributed by atoms with Crippen LogP contribution in [0.15, 0.2) is 71.2 Å². The van der Waals surface area contributed by atoms with Crippen molar-refractivity contribution in [1.82, 2.24) is 0 Å². The number of benzene rings is 2. The zero-order chi connectivity index (χ0) is 25.3. The first-order chi connectivity index (χ1) is 16.8. The maximum atomic E-state index is 13.2. The summed E-state index contributed by atoms with van der Waals surface area (Å²) in [5, 5.41) is 10.2. The van der Waals surface area contributed by atoms with E-state index < -0.39 is 17.9 Å². The number of nitrogens with zero attached hydrogens (tertiary/aromatic N) is 3. The first-order valence-electron chi connectivity index (χ1n) is 10.5. The van der Waals surface area contributed by atoms with Crippen LogP contribution in [0.2, 0.25) is 0 Å². The number of likely N-dealkylation sites (N-methyl/N-ethyl adjacent to an activating group) is 1. The van der Waals surface area contributed by atoms with Crippen molar-refractivity contribution in [2.24, 2.45) is 5.73 Å². The molecule has 178 valence electrons. The molecule has 2 aliphatic rings. The summed E-state index contributed by atoms with van der Waals surface area (Å²) in [7, 11) is 3.89. The molecule has 0 saturated heterocycles. The largest absolute Gasteiger partial charge is 0.481 e. The summed E-state index contributed by atoms with van der Waals surface area (Å²) in [5.41, 5.74) is 7.32. The third kappa shape index (κ3) is 3.73. The van der Waals surface area contributed by atoms with Crippen molar-refractivity contribution in [2.75, 3.05) is 37.7 Å². The molecule has 0 saturated carbocycles. The maximum absolute atomic E-state index is 13.2. The molecule has 35 heavy (non-hydrogen) atoms. The van der Waals surface area contributed by atoms with Crippen LogP contribution in [-0.4, -0.2) is 45.7 Å². The highest BCUT2D eigenvalue weighted by Gasteiger charge is 2.44. The average Bonchev–Trinajstić information content (AvgIpc) is 2.89. The van der Waals surface area contributed by atoms with Crippen LogP contribution in [0.3, 0.4) is 0 Å². The fraction of sp³-hybridized carbons (Fsp3) is 0.200. The molecule has 1 atom stereocenters. The lowest BCUT2D eigenvalue weighted by Gasteiger charge is -2.38. The van der Waals surface area contributed by atoms with Crippen LogP contribution in [0.1, 0.15) is 11.5 Å². The van der Waals surface area contributed by atoms with Gasteiger partial charge in [0.05, 0.1) is 43.0 Å². The number of methoxy groups -OCH3 is 2. The van der Waals surface area contributed by atoms with Gasteiger partial charge in [0.15, 0.2) is 6.61 Å². The van der Waals surface area contributed by atoms with Gasteiger partial charge in [-0.3, -0.25) is 9.69 Å². The average molecular weight is 474 g/mol. The Morgan fingerprint density at radius 3 is 2.40 bits per heavy atom. The van der Waals surface area contributed by atoms with Gasteiger partial charge >= 0.3 is 11.9 Å². The van der Waals surface area contributed by atoms with E-state index >= 15 is 0 Å². The molecular weight excluding hydrogens is 452 g/mol. The number of amides is 1. The number of hydrogen-bond acceptors (Lipinski definition) is 9. The summed E-state index contributed by atoms with van der Waals surface area (Å²) in [5.74, 6) is -2.78. The predicted octanol–water partition coefficient (Wildman–Crippen LogP) is 1.94. The SMILES string of the molecule is COC(=O)C1=C(C(=O)OC)N(c2cccc3c2N(C)C(=O)CO3)C(N)=C(C#N)C1c1ccccc1. The number of ether oxygens (including phenoxy) is 3. The van der Waals surface area contributed by atoms with Crippen LogP contribution in [0, 0.1) is 11.3 Å². The van der Waals surface area contributed by atoms with Gasteiger partial charge in [-0.15, -0.1) is 0 Å². The monoisotopic (exact) mass is 474 g/mol. The van der Waals surface area contributed by atoms with Gasteiger partial charge in [-0.1, -0.05) is 36.4 Å². The highest BCUT2D eigenvalue weighted by Crippen LogP contribution is 2.48. The number of anilines is 2. The summed E-state index contributed by atoms with van der Waals surface area (Å²) in [6.07, 6.45) is 0. The molecule has 2 N–H and O–H groups in total. The molecule has 0 fully saturated rings. The number of hydrogen-bond donors (Lipinski definition) is 1. The number of nitrogens with two attached hydrogens (primary N) is 1. The van der Waals surface area contributed by atoms with Gasteiger partial charge in [0.1, 0.15) is 23.0 Å². The molecule has 0 aromatic heterocycles. The molecule has 2 aliphatic heterocycles. The summed E-state index contributed by atoms with van der Waals surface area (Å²) in [6.45, 7) is -0.162. The van der Waals surface area contributed by atoms with E-state index in [1.807, 2.05) is 0 Å². The van der Waals surface area contributed by atoms with Gasteiger partial charge in [-0.25, -0.2) is 9.59 Å². The molecule has 2 aromatic carbocycles. The number of esters is 2. The third-order valence-corrected chi connectivity index (χ3v) is 5.89. The molecule has 1 unspecified atom stereocenters. The third-order valence-electron chi connectivity index (χ3n) is 5.89. The molecule has 2 aromatic rings. The second-order valence-corrected chi connectivity index (χ2v) is 7.70. The van der Waals surface area contributed by atoms with Crippen molar-refractivity contribution >= 4 is 29.2 Å². The fourth-order valence-electron chi connectivity index (χ4n) is 4.27. The first kappa shape index (κ1) is 23.4. The Labute approximate surface area is 201 Å². The van der Waals surface area contributed by atoms with Gasteiger partial charge in [0.2, 0.25) is 0 Å². The normalized spacial score (nSPS) is 17.4. The van der Waals surface area contributed by atoms with E-state index in [1.54, 1.807) is 55.6 Å². The lowest BCUT2D eigenvalue weighted by atomic mass is 9.81. The summed E-state index contributed by atoms with van der Waals surface area (Å²) in [6, 6.07) is 15.7. The maximum Gasteiger partial charge on any atom is 0.355 e. The molecule has 0 bridgehead atoms. The number of carbonyl (C=O) groups is 3. The molecular formula is C25H22N4O6. The van der Waals surface area contributed by atoms with Gasteiger partial charge in [-0.2, -0.15) is 5.26 Å². The standard InChI is InChI=1S/C25H22N4O6/c1-28-18(30)13-35-17-11-7-10-16(21(17)28)29-22(25(32)34-3)20(24(31)33-2)19(15(12-26)23(29)27)14-8-5-4-6-9-14/h4-11,19H,13,27H2,1-3H3. The van der Waals surface area contributed by atoms with E-state index in [1.165, 1.54) is 24.0 Å². The molecule has 2 heterocycles.